The zero-order valence-electron chi connectivity index (χ0n) is 17.4. The molecule has 3 aromatic carbocycles. The van der Waals surface area contributed by atoms with Gasteiger partial charge < -0.3 is 9.88 Å². The molecular weight excluding hydrogens is 423 g/mol. The molecule has 0 radical (unpaired) electrons. The highest BCUT2D eigenvalue weighted by molar-refractivity contribution is 6.31. The summed E-state index contributed by atoms with van der Waals surface area (Å²) in [5.41, 5.74) is 5.76. The van der Waals surface area contributed by atoms with E-state index in [4.69, 9.17) is 11.6 Å². The molecule has 0 amide bonds. The molecule has 0 saturated heterocycles. The molecule has 0 fully saturated rings. The number of anilines is 1. The predicted octanol–water partition coefficient (Wildman–Crippen LogP) is 6.80. The van der Waals surface area contributed by atoms with Crippen LogP contribution in [0.15, 0.2) is 85.3 Å². The van der Waals surface area contributed by atoms with E-state index in [-0.39, 0.29) is 5.82 Å². The van der Waals surface area contributed by atoms with Crippen molar-refractivity contribution in [3.05, 3.63) is 107 Å². The molecule has 32 heavy (non-hydrogen) atoms. The summed E-state index contributed by atoms with van der Waals surface area (Å²) in [6.45, 7) is 2.50. The van der Waals surface area contributed by atoms with Gasteiger partial charge in [0.2, 0.25) is 0 Å². The van der Waals surface area contributed by atoms with Crippen LogP contribution in [0.2, 0.25) is 5.02 Å². The smallest absolute Gasteiger partial charge is 0.150 e. The third-order valence-corrected chi connectivity index (χ3v) is 5.88. The molecule has 158 valence electrons. The first-order chi connectivity index (χ1) is 15.6. The van der Waals surface area contributed by atoms with Crippen molar-refractivity contribution in [2.45, 2.75) is 13.5 Å². The standard InChI is InChI=1S/C26H20ClFN4/c1-17-7-12-21(13-23(17)27)32-15-22(19-5-3-2-4-6-19)24-25(30-16-31-26(24)32)29-14-18-8-10-20(28)11-9-18/h2-13,15-16H,14H2,1H3,(H,29,30,31). The van der Waals surface area contributed by atoms with Gasteiger partial charge in [-0.1, -0.05) is 60.1 Å². The Bertz CT molecular complexity index is 1400. The fourth-order valence-electron chi connectivity index (χ4n) is 3.75. The Balaban J connectivity index is 1.65. The van der Waals surface area contributed by atoms with Gasteiger partial charge in [0.25, 0.3) is 0 Å². The minimum atomic E-state index is -0.252. The van der Waals surface area contributed by atoms with E-state index in [0.717, 1.165) is 44.8 Å². The number of aromatic nitrogens is 3. The second-order valence-electron chi connectivity index (χ2n) is 7.61. The lowest BCUT2D eigenvalue weighted by Gasteiger charge is -2.09. The van der Waals surface area contributed by atoms with Crippen LogP contribution in [0.5, 0.6) is 0 Å². The van der Waals surface area contributed by atoms with Crippen LogP contribution in [0.3, 0.4) is 0 Å². The van der Waals surface area contributed by atoms with E-state index < -0.39 is 0 Å². The van der Waals surface area contributed by atoms with Crippen LogP contribution < -0.4 is 5.32 Å². The van der Waals surface area contributed by atoms with E-state index in [1.54, 1.807) is 18.5 Å². The summed E-state index contributed by atoms with van der Waals surface area (Å²) in [5, 5.41) is 5.02. The lowest BCUT2D eigenvalue weighted by atomic mass is 10.1. The molecule has 0 atom stereocenters. The summed E-state index contributed by atoms with van der Waals surface area (Å²) in [6, 6.07) is 22.6. The van der Waals surface area contributed by atoms with Gasteiger partial charge in [-0.3, -0.25) is 0 Å². The first-order valence-electron chi connectivity index (χ1n) is 10.3. The van der Waals surface area contributed by atoms with Gasteiger partial charge in [0.1, 0.15) is 18.0 Å². The van der Waals surface area contributed by atoms with Crippen molar-refractivity contribution in [2.24, 2.45) is 0 Å². The first kappa shape index (κ1) is 20.2. The van der Waals surface area contributed by atoms with Gasteiger partial charge in [0, 0.05) is 29.0 Å². The van der Waals surface area contributed by atoms with E-state index in [1.165, 1.54) is 12.1 Å². The molecule has 2 aromatic heterocycles. The molecule has 4 nitrogen and oxygen atoms in total. The Hall–Kier alpha value is -3.70. The van der Waals surface area contributed by atoms with Crippen molar-refractivity contribution in [3.63, 3.8) is 0 Å². The normalized spacial score (nSPS) is 11.1. The van der Waals surface area contributed by atoms with Crippen LogP contribution in [-0.2, 0) is 6.54 Å². The van der Waals surface area contributed by atoms with Gasteiger partial charge in [0.05, 0.1) is 5.39 Å². The fourth-order valence-corrected chi connectivity index (χ4v) is 3.92. The summed E-state index contributed by atoms with van der Waals surface area (Å²) < 4.78 is 15.3. The Kier molecular flexibility index (Phi) is 5.33. The molecule has 0 aliphatic carbocycles. The quantitative estimate of drug-likeness (QED) is 0.325. The Morgan fingerprint density at radius 3 is 2.50 bits per heavy atom. The molecule has 0 aliphatic heterocycles. The van der Waals surface area contributed by atoms with Crippen molar-refractivity contribution in [1.82, 2.24) is 14.5 Å². The largest absolute Gasteiger partial charge is 0.365 e. The van der Waals surface area contributed by atoms with E-state index >= 15 is 0 Å². The number of nitrogens with one attached hydrogen (secondary N) is 1. The summed E-state index contributed by atoms with van der Waals surface area (Å²) in [4.78, 5) is 9.13. The third-order valence-electron chi connectivity index (χ3n) is 5.47. The number of hydrogen-bond donors (Lipinski definition) is 1. The summed E-state index contributed by atoms with van der Waals surface area (Å²) in [7, 11) is 0. The van der Waals surface area contributed by atoms with Crippen LogP contribution in [0, 0.1) is 12.7 Å². The molecule has 0 saturated carbocycles. The second kappa shape index (κ2) is 8.44. The number of rotatable bonds is 5. The molecule has 5 aromatic rings. The van der Waals surface area contributed by atoms with Crippen LogP contribution >= 0.6 is 11.6 Å². The van der Waals surface area contributed by atoms with Gasteiger partial charge in [-0.05, 0) is 47.9 Å². The van der Waals surface area contributed by atoms with Crippen molar-refractivity contribution < 1.29 is 4.39 Å². The average molecular weight is 443 g/mol. The third kappa shape index (κ3) is 3.83. The van der Waals surface area contributed by atoms with Crippen molar-refractivity contribution >= 4 is 28.5 Å². The number of hydrogen-bond acceptors (Lipinski definition) is 3. The second-order valence-corrected chi connectivity index (χ2v) is 8.02. The van der Waals surface area contributed by atoms with Gasteiger partial charge in [0.15, 0.2) is 5.65 Å². The Labute approximate surface area is 190 Å². The maximum Gasteiger partial charge on any atom is 0.150 e. The lowest BCUT2D eigenvalue weighted by molar-refractivity contribution is 0.627. The maximum atomic E-state index is 13.3. The van der Waals surface area contributed by atoms with Crippen molar-refractivity contribution in [3.8, 4) is 16.8 Å². The topological polar surface area (TPSA) is 42.7 Å². The number of nitrogens with zero attached hydrogens (tertiary/aromatic N) is 3. The van der Waals surface area contributed by atoms with Crippen LogP contribution in [-0.4, -0.2) is 14.5 Å². The molecular formula is C26H20ClFN4. The van der Waals surface area contributed by atoms with Crippen LogP contribution in [0.1, 0.15) is 11.1 Å². The summed E-state index contributed by atoms with van der Waals surface area (Å²) in [6.07, 6.45) is 3.62. The van der Waals surface area contributed by atoms with Gasteiger partial charge in [-0.2, -0.15) is 0 Å². The summed E-state index contributed by atoms with van der Waals surface area (Å²) >= 11 is 6.41. The zero-order valence-corrected chi connectivity index (χ0v) is 18.1. The molecule has 1 N–H and O–H groups in total. The molecule has 5 rings (SSSR count). The highest BCUT2D eigenvalue weighted by Crippen LogP contribution is 2.36. The van der Waals surface area contributed by atoms with E-state index in [0.29, 0.717) is 11.6 Å². The highest BCUT2D eigenvalue weighted by atomic mass is 35.5. The van der Waals surface area contributed by atoms with Gasteiger partial charge >= 0.3 is 0 Å². The summed E-state index contributed by atoms with van der Waals surface area (Å²) in [5.74, 6) is 0.466. The predicted molar refractivity (Wildman–Crippen MR) is 128 cm³/mol. The molecule has 0 aliphatic rings. The molecule has 6 heteroatoms. The monoisotopic (exact) mass is 442 g/mol. The number of fused-ring (bicyclic) bond motifs is 1. The van der Waals surface area contributed by atoms with Crippen molar-refractivity contribution in [1.29, 1.82) is 0 Å². The average Bonchev–Trinajstić information content (AvgIpc) is 3.21. The van der Waals surface area contributed by atoms with Gasteiger partial charge in [-0.25, -0.2) is 14.4 Å². The minimum Gasteiger partial charge on any atom is -0.365 e. The van der Waals surface area contributed by atoms with E-state index in [9.17, 15) is 4.39 Å². The zero-order chi connectivity index (χ0) is 22.1. The first-order valence-corrected chi connectivity index (χ1v) is 10.6. The number of benzene rings is 3. The van der Waals surface area contributed by atoms with Crippen LogP contribution in [0.25, 0.3) is 27.8 Å². The lowest BCUT2D eigenvalue weighted by Crippen LogP contribution is -2.03. The molecule has 0 spiro atoms. The number of aryl methyl sites for hydroxylation is 1. The Morgan fingerprint density at radius 1 is 0.969 bits per heavy atom. The van der Waals surface area contributed by atoms with Gasteiger partial charge in [-0.15, -0.1) is 0 Å². The van der Waals surface area contributed by atoms with Crippen LogP contribution in [0.4, 0.5) is 10.2 Å². The van der Waals surface area contributed by atoms with E-state index in [2.05, 4.69) is 33.6 Å². The SMILES string of the molecule is Cc1ccc(-n2cc(-c3ccccc3)c3c(NCc4ccc(F)cc4)ncnc32)cc1Cl. The minimum absolute atomic E-state index is 0.252. The molecule has 0 unspecified atom stereocenters. The molecule has 0 bridgehead atoms. The highest BCUT2D eigenvalue weighted by Gasteiger charge is 2.17. The number of halogens is 2. The fraction of sp³-hybridized carbons (Fsp3) is 0.0769. The molecule has 2 heterocycles. The Morgan fingerprint density at radius 2 is 1.75 bits per heavy atom. The van der Waals surface area contributed by atoms with E-state index in [1.807, 2.05) is 47.9 Å². The van der Waals surface area contributed by atoms with Crippen molar-refractivity contribution in [2.75, 3.05) is 5.32 Å². The maximum absolute atomic E-state index is 13.3.